The molecule has 0 amide bonds. The summed E-state index contributed by atoms with van der Waals surface area (Å²) in [5, 5.41) is 3.60. The fourth-order valence-corrected chi connectivity index (χ4v) is 3.55. The second-order valence-electron chi connectivity index (χ2n) is 4.81. The topological polar surface area (TPSA) is 15.3 Å². The second-order valence-corrected chi connectivity index (χ2v) is 5.66. The Hall–Kier alpha value is -0.700. The van der Waals surface area contributed by atoms with Gasteiger partial charge >= 0.3 is 0 Å². The summed E-state index contributed by atoms with van der Waals surface area (Å²) in [5.74, 6) is 0. The van der Waals surface area contributed by atoms with E-state index in [0.29, 0.717) is 5.54 Å². The van der Waals surface area contributed by atoms with Gasteiger partial charge in [0.15, 0.2) is 0 Å². The third kappa shape index (κ3) is 1.30. The summed E-state index contributed by atoms with van der Waals surface area (Å²) in [4.78, 5) is 2.59. The molecule has 2 aliphatic rings. The van der Waals surface area contributed by atoms with Crippen LogP contribution in [0.25, 0.3) is 0 Å². The number of benzene rings is 1. The first-order valence-electron chi connectivity index (χ1n) is 6.07. The van der Waals surface area contributed by atoms with Gasteiger partial charge in [0, 0.05) is 17.6 Å². The first-order chi connectivity index (χ1) is 7.77. The van der Waals surface area contributed by atoms with Crippen LogP contribution in [0, 0.1) is 0 Å². The molecule has 1 fully saturated rings. The number of hydrogen-bond donors (Lipinski definition) is 1. The Bertz CT molecular complexity index is 412. The third-order valence-corrected chi connectivity index (χ3v) is 4.71. The van der Waals surface area contributed by atoms with Crippen molar-refractivity contribution in [3.8, 4) is 0 Å². The van der Waals surface area contributed by atoms with Crippen molar-refractivity contribution in [2.24, 2.45) is 0 Å². The predicted molar refractivity (Wildman–Crippen MR) is 72.2 cm³/mol. The lowest BCUT2D eigenvalue weighted by Gasteiger charge is -2.54. The first kappa shape index (κ1) is 10.5. The minimum Gasteiger partial charge on any atom is -0.380 e. The number of halogens is 1. The van der Waals surface area contributed by atoms with Crippen LogP contribution >= 0.6 is 15.9 Å². The smallest absolute Gasteiger partial charge is 0.0723 e. The van der Waals surface area contributed by atoms with E-state index in [1.165, 1.54) is 35.1 Å². The molecule has 0 saturated heterocycles. The molecule has 1 aromatic carbocycles. The molecule has 0 unspecified atom stereocenters. The minimum absolute atomic E-state index is 0.405. The van der Waals surface area contributed by atoms with Gasteiger partial charge in [-0.3, -0.25) is 0 Å². The van der Waals surface area contributed by atoms with E-state index in [0.717, 1.165) is 13.1 Å². The van der Waals surface area contributed by atoms with Crippen LogP contribution in [0.15, 0.2) is 22.7 Å². The van der Waals surface area contributed by atoms with Gasteiger partial charge in [0.05, 0.1) is 16.9 Å². The molecule has 1 spiro atoms. The van der Waals surface area contributed by atoms with Crippen LogP contribution in [0.1, 0.15) is 26.2 Å². The lowest BCUT2D eigenvalue weighted by atomic mass is 9.73. The maximum atomic E-state index is 3.63. The van der Waals surface area contributed by atoms with Crippen LogP contribution in [0.4, 0.5) is 11.4 Å². The number of hydrogen-bond acceptors (Lipinski definition) is 2. The van der Waals surface area contributed by atoms with Gasteiger partial charge in [0.1, 0.15) is 0 Å². The van der Waals surface area contributed by atoms with Gasteiger partial charge in [0.25, 0.3) is 0 Å². The molecule has 86 valence electrons. The van der Waals surface area contributed by atoms with E-state index >= 15 is 0 Å². The Balaban J connectivity index is 2.07. The van der Waals surface area contributed by atoms with Gasteiger partial charge in [-0.2, -0.15) is 0 Å². The van der Waals surface area contributed by atoms with Crippen molar-refractivity contribution in [1.29, 1.82) is 0 Å². The Kier molecular flexibility index (Phi) is 2.39. The quantitative estimate of drug-likeness (QED) is 0.845. The van der Waals surface area contributed by atoms with Crippen LogP contribution in [0.5, 0.6) is 0 Å². The largest absolute Gasteiger partial charge is 0.380 e. The normalized spacial score (nSPS) is 21.2. The number of nitrogens with zero attached hydrogens (tertiary/aromatic N) is 1. The van der Waals surface area contributed by atoms with Gasteiger partial charge in [-0.15, -0.1) is 0 Å². The molecule has 1 aromatic rings. The van der Waals surface area contributed by atoms with E-state index in [9.17, 15) is 0 Å². The molecule has 0 aromatic heterocycles. The number of para-hydroxylation sites is 1. The van der Waals surface area contributed by atoms with Crippen molar-refractivity contribution < 1.29 is 0 Å². The molecule has 3 heteroatoms. The number of likely N-dealkylation sites (N-methyl/N-ethyl adjacent to an activating group) is 1. The van der Waals surface area contributed by atoms with Crippen molar-refractivity contribution in [3.05, 3.63) is 22.7 Å². The fraction of sp³-hybridized carbons (Fsp3) is 0.538. The van der Waals surface area contributed by atoms with E-state index in [2.05, 4.69) is 51.3 Å². The van der Waals surface area contributed by atoms with Crippen LogP contribution < -0.4 is 10.2 Å². The number of nitrogens with one attached hydrogen (secondary N) is 1. The van der Waals surface area contributed by atoms with Crippen LogP contribution in [-0.2, 0) is 0 Å². The van der Waals surface area contributed by atoms with E-state index in [1.807, 2.05) is 0 Å². The van der Waals surface area contributed by atoms with E-state index < -0.39 is 0 Å². The molecule has 1 aliphatic heterocycles. The molecule has 1 aliphatic carbocycles. The van der Waals surface area contributed by atoms with Crippen molar-refractivity contribution in [2.75, 3.05) is 23.3 Å². The summed E-state index contributed by atoms with van der Waals surface area (Å²) in [7, 11) is 0. The number of rotatable bonds is 1. The first-order valence-corrected chi connectivity index (χ1v) is 6.86. The average molecular weight is 281 g/mol. The Morgan fingerprint density at radius 2 is 2.25 bits per heavy atom. The molecular weight excluding hydrogens is 264 g/mol. The lowest BCUT2D eigenvalue weighted by Crippen LogP contribution is -2.60. The Labute approximate surface area is 105 Å². The van der Waals surface area contributed by atoms with Gasteiger partial charge in [-0.1, -0.05) is 6.07 Å². The summed E-state index contributed by atoms with van der Waals surface area (Å²) in [5.41, 5.74) is 3.03. The molecule has 16 heavy (non-hydrogen) atoms. The molecule has 0 radical (unpaired) electrons. The van der Waals surface area contributed by atoms with Crippen molar-refractivity contribution >= 4 is 27.3 Å². The zero-order chi connectivity index (χ0) is 11.2. The van der Waals surface area contributed by atoms with Gasteiger partial charge in [-0.25, -0.2) is 0 Å². The molecular formula is C13H17BrN2. The standard InChI is InChI=1S/C13H17BrN2/c1-2-16-11-6-3-5-10(14)12(11)15-9-13(16)7-4-8-13/h3,5-6,15H,2,4,7-9H2,1H3. The molecule has 0 bridgehead atoms. The van der Waals surface area contributed by atoms with Gasteiger partial charge in [-0.05, 0) is 54.2 Å². The Morgan fingerprint density at radius 3 is 2.88 bits per heavy atom. The third-order valence-electron chi connectivity index (χ3n) is 4.05. The maximum Gasteiger partial charge on any atom is 0.0723 e. The van der Waals surface area contributed by atoms with Gasteiger partial charge in [0.2, 0.25) is 0 Å². The highest BCUT2D eigenvalue weighted by Gasteiger charge is 2.45. The van der Waals surface area contributed by atoms with Gasteiger partial charge < -0.3 is 10.2 Å². The van der Waals surface area contributed by atoms with Crippen LogP contribution in [-0.4, -0.2) is 18.6 Å². The summed E-state index contributed by atoms with van der Waals surface area (Å²) in [6.45, 7) is 4.46. The highest BCUT2D eigenvalue weighted by Crippen LogP contribution is 2.47. The molecule has 1 heterocycles. The number of fused-ring (bicyclic) bond motifs is 1. The van der Waals surface area contributed by atoms with Crippen molar-refractivity contribution in [2.45, 2.75) is 31.7 Å². The minimum atomic E-state index is 0.405. The Morgan fingerprint density at radius 1 is 1.44 bits per heavy atom. The highest BCUT2D eigenvalue weighted by molar-refractivity contribution is 9.10. The van der Waals surface area contributed by atoms with Crippen molar-refractivity contribution in [3.63, 3.8) is 0 Å². The van der Waals surface area contributed by atoms with Crippen LogP contribution in [0.2, 0.25) is 0 Å². The molecule has 2 nitrogen and oxygen atoms in total. The summed E-state index contributed by atoms with van der Waals surface area (Å²) in [6.07, 6.45) is 4.04. The summed E-state index contributed by atoms with van der Waals surface area (Å²) < 4.78 is 1.18. The lowest BCUT2D eigenvalue weighted by molar-refractivity contribution is 0.240. The predicted octanol–water partition coefficient (Wildman–Crippen LogP) is 3.62. The monoisotopic (exact) mass is 280 g/mol. The average Bonchev–Trinajstić information content (AvgIpc) is 2.25. The zero-order valence-electron chi connectivity index (χ0n) is 9.59. The molecule has 0 atom stereocenters. The number of anilines is 2. The molecule has 3 rings (SSSR count). The fourth-order valence-electron chi connectivity index (χ4n) is 3.05. The highest BCUT2D eigenvalue weighted by atomic mass is 79.9. The van der Waals surface area contributed by atoms with E-state index in [1.54, 1.807) is 0 Å². The molecule has 1 saturated carbocycles. The second kappa shape index (κ2) is 3.66. The summed E-state index contributed by atoms with van der Waals surface area (Å²) in [6, 6.07) is 6.47. The van der Waals surface area contributed by atoms with Crippen LogP contribution in [0.3, 0.4) is 0 Å². The SMILES string of the molecule is CCN1c2cccc(Br)c2NCC12CCC2. The summed E-state index contributed by atoms with van der Waals surface area (Å²) >= 11 is 3.63. The molecule has 1 N–H and O–H groups in total. The zero-order valence-corrected chi connectivity index (χ0v) is 11.2. The van der Waals surface area contributed by atoms with E-state index in [-0.39, 0.29) is 0 Å². The van der Waals surface area contributed by atoms with E-state index in [4.69, 9.17) is 0 Å². The van der Waals surface area contributed by atoms with Crippen molar-refractivity contribution in [1.82, 2.24) is 0 Å². The maximum absolute atomic E-state index is 3.63.